The Kier molecular flexibility index (Phi) is 5.24. The maximum Gasteiger partial charge on any atom is 0.273 e. The van der Waals surface area contributed by atoms with E-state index in [0.717, 1.165) is 16.9 Å². The molecule has 2 aromatic carbocycles. The predicted molar refractivity (Wildman–Crippen MR) is 124 cm³/mol. The minimum absolute atomic E-state index is 0.149. The predicted octanol–water partition coefficient (Wildman–Crippen LogP) is 1.28. The van der Waals surface area contributed by atoms with Crippen LogP contribution in [0.4, 0.5) is 0 Å². The third kappa shape index (κ3) is 3.78. The highest BCUT2D eigenvalue weighted by atomic mass is 16.5. The molecule has 2 atom stereocenters. The molecule has 0 aliphatic carbocycles. The van der Waals surface area contributed by atoms with Crippen molar-refractivity contribution in [3.63, 3.8) is 0 Å². The normalized spacial score (nSPS) is 20.9. The smallest absolute Gasteiger partial charge is 0.273 e. The lowest BCUT2D eigenvalue weighted by Crippen LogP contribution is -2.52. The number of amides is 4. The first-order valence-corrected chi connectivity index (χ1v) is 11.7. The lowest BCUT2D eigenvalue weighted by Gasteiger charge is -2.29. The van der Waals surface area contributed by atoms with E-state index in [1.807, 2.05) is 24.3 Å². The molecule has 4 amide bonds. The third-order valence-corrected chi connectivity index (χ3v) is 6.77. The molecule has 3 aliphatic heterocycles. The van der Waals surface area contributed by atoms with Gasteiger partial charge in [0, 0.05) is 30.5 Å². The molecule has 1 unspecified atom stereocenters. The van der Waals surface area contributed by atoms with Crippen molar-refractivity contribution >= 4 is 23.6 Å². The second-order valence-corrected chi connectivity index (χ2v) is 8.99. The van der Waals surface area contributed by atoms with Crippen LogP contribution in [0.2, 0.25) is 0 Å². The van der Waals surface area contributed by atoms with Gasteiger partial charge < -0.3 is 15.0 Å². The average molecular weight is 486 g/mol. The van der Waals surface area contributed by atoms with E-state index < -0.39 is 11.9 Å². The van der Waals surface area contributed by atoms with Gasteiger partial charge in [-0.15, -0.1) is 5.10 Å². The summed E-state index contributed by atoms with van der Waals surface area (Å²) >= 11 is 0. The number of carbonyl (C=O) groups excluding carboxylic acids is 4. The zero-order valence-electron chi connectivity index (χ0n) is 19.1. The van der Waals surface area contributed by atoms with E-state index in [9.17, 15) is 19.2 Å². The SMILES string of the molecule is O=C1CCC(N2Cc3ccc(-n4cc(C(=O)N[C@@H]5CCOc6ccccc65)nn4)cc3C2=O)C(=O)N1. The molecule has 36 heavy (non-hydrogen) atoms. The van der Waals surface area contributed by atoms with Gasteiger partial charge in [-0.05, 0) is 30.2 Å². The van der Waals surface area contributed by atoms with Crippen LogP contribution < -0.4 is 15.4 Å². The quantitative estimate of drug-likeness (QED) is 0.531. The van der Waals surface area contributed by atoms with E-state index in [1.165, 1.54) is 15.8 Å². The van der Waals surface area contributed by atoms with Crippen molar-refractivity contribution in [1.82, 2.24) is 30.5 Å². The van der Waals surface area contributed by atoms with E-state index in [1.54, 1.807) is 18.2 Å². The Morgan fingerprint density at radius 1 is 1.11 bits per heavy atom. The number of fused-ring (bicyclic) bond motifs is 2. The summed E-state index contributed by atoms with van der Waals surface area (Å²) in [4.78, 5) is 51.2. The Morgan fingerprint density at radius 2 is 1.97 bits per heavy atom. The summed E-state index contributed by atoms with van der Waals surface area (Å²) < 4.78 is 7.09. The highest BCUT2D eigenvalue weighted by Gasteiger charge is 2.39. The van der Waals surface area contributed by atoms with E-state index in [2.05, 4.69) is 20.9 Å². The van der Waals surface area contributed by atoms with Crippen molar-refractivity contribution < 1.29 is 23.9 Å². The van der Waals surface area contributed by atoms with Crippen LogP contribution in [0.25, 0.3) is 5.69 Å². The zero-order valence-corrected chi connectivity index (χ0v) is 19.1. The van der Waals surface area contributed by atoms with Crippen LogP contribution in [0.15, 0.2) is 48.7 Å². The van der Waals surface area contributed by atoms with Crippen molar-refractivity contribution in [3.8, 4) is 11.4 Å². The van der Waals surface area contributed by atoms with Gasteiger partial charge in [-0.1, -0.05) is 29.5 Å². The summed E-state index contributed by atoms with van der Waals surface area (Å²) in [6, 6.07) is 12.0. The summed E-state index contributed by atoms with van der Waals surface area (Å²) in [5.74, 6) is -0.657. The van der Waals surface area contributed by atoms with Gasteiger partial charge >= 0.3 is 0 Å². The van der Waals surface area contributed by atoms with Crippen LogP contribution in [0.5, 0.6) is 5.75 Å². The molecule has 1 saturated heterocycles. The van der Waals surface area contributed by atoms with Gasteiger partial charge in [0.25, 0.3) is 11.8 Å². The van der Waals surface area contributed by atoms with Gasteiger partial charge in [-0.3, -0.25) is 24.5 Å². The first-order chi connectivity index (χ1) is 17.5. The van der Waals surface area contributed by atoms with Crippen molar-refractivity contribution in [1.29, 1.82) is 0 Å². The number of benzene rings is 2. The van der Waals surface area contributed by atoms with Crippen molar-refractivity contribution in [2.45, 2.75) is 37.9 Å². The summed E-state index contributed by atoms with van der Waals surface area (Å²) in [6.07, 6.45) is 2.66. The molecule has 182 valence electrons. The number of aromatic nitrogens is 3. The molecule has 1 aromatic heterocycles. The lowest BCUT2D eigenvalue weighted by atomic mass is 10.0. The largest absolute Gasteiger partial charge is 0.493 e. The van der Waals surface area contributed by atoms with Gasteiger partial charge in [0.15, 0.2) is 5.69 Å². The molecular formula is C25H22N6O5. The van der Waals surface area contributed by atoms with Gasteiger partial charge in [-0.2, -0.15) is 0 Å². The Hall–Kier alpha value is -4.54. The monoisotopic (exact) mass is 486 g/mol. The van der Waals surface area contributed by atoms with Crippen molar-refractivity contribution in [3.05, 3.63) is 71.0 Å². The van der Waals surface area contributed by atoms with Crippen molar-refractivity contribution in [2.75, 3.05) is 6.61 Å². The molecule has 0 radical (unpaired) electrons. The number of nitrogens with one attached hydrogen (secondary N) is 2. The molecule has 2 N–H and O–H groups in total. The molecule has 6 rings (SSSR count). The van der Waals surface area contributed by atoms with Gasteiger partial charge in [-0.25, -0.2) is 4.68 Å². The van der Waals surface area contributed by atoms with Crippen molar-refractivity contribution in [2.24, 2.45) is 0 Å². The number of ether oxygens (including phenoxy) is 1. The Balaban J connectivity index is 1.18. The summed E-state index contributed by atoms with van der Waals surface area (Å²) in [7, 11) is 0. The molecule has 1 fully saturated rings. The Morgan fingerprint density at radius 3 is 2.83 bits per heavy atom. The zero-order chi connectivity index (χ0) is 24.8. The van der Waals surface area contributed by atoms with E-state index >= 15 is 0 Å². The number of para-hydroxylation sites is 1. The fourth-order valence-corrected chi connectivity index (χ4v) is 4.90. The maximum absolute atomic E-state index is 13.1. The van der Waals surface area contributed by atoms with Gasteiger partial charge in [0.2, 0.25) is 11.8 Å². The van der Waals surface area contributed by atoms with Crippen LogP contribution in [0, 0.1) is 0 Å². The molecular weight excluding hydrogens is 464 g/mol. The highest BCUT2D eigenvalue weighted by Crippen LogP contribution is 2.32. The number of hydrogen-bond acceptors (Lipinski definition) is 7. The molecule has 11 nitrogen and oxygen atoms in total. The van der Waals surface area contributed by atoms with Crippen LogP contribution in [0.3, 0.4) is 0 Å². The Labute approximate surface area is 205 Å². The summed E-state index contributed by atoms with van der Waals surface area (Å²) in [6.45, 7) is 0.798. The topological polar surface area (TPSA) is 136 Å². The van der Waals surface area contributed by atoms with Crippen LogP contribution in [-0.2, 0) is 16.1 Å². The van der Waals surface area contributed by atoms with Crippen LogP contribution in [-0.4, -0.2) is 56.2 Å². The van der Waals surface area contributed by atoms with Crippen LogP contribution in [0.1, 0.15) is 57.3 Å². The fraction of sp³-hybridized carbons (Fsp3) is 0.280. The molecule has 3 aromatic rings. The summed E-state index contributed by atoms with van der Waals surface area (Å²) in [5.41, 5.74) is 2.87. The Bertz CT molecular complexity index is 1420. The number of rotatable bonds is 4. The molecule has 3 aliphatic rings. The van der Waals surface area contributed by atoms with E-state index in [0.29, 0.717) is 30.7 Å². The number of nitrogens with zero attached hydrogens (tertiary/aromatic N) is 4. The molecule has 4 heterocycles. The number of carbonyl (C=O) groups is 4. The molecule has 11 heteroatoms. The first-order valence-electron chi connectivity index (χ1n) is 11.7. The number of piperidine rings is 1. The van der Waals surface area contributed by atoms with E-state index in [-0.39, 0.29) is 42.4 Å². The maximum atomic E-state index is 13.1. The second kappa shape index (κ2) is 8.59. The minimum atomic E-state index is -0.678. The molecule has 0 spiro atoms. The van der Waals surface area contributed by atoms with Gasteiger partial charge in [0.1, 0.15) is 11.8 Å². The standard InChI is InChI=1S/C25H22N6O5/c32-22-8-7-20(24(34)27-22)30-12-14-5-6-15(11-17(14)25(30)35)31-13-19(28-29-31)23(33)26-18-9-10-36-21-4-2-1-3-16(18)21/h1-6,11,13,18,20H,7-10,12H2,(H,26,33)(H,27,32,34)/t18-,20?/m1/s1. The minimum Gasteiger partial charge on any atom is -0.493 e. The lowest BCUT2D eigenvalue weighted by molar-refractivity contribution is -0.136. The third-order valence-electron chi connectivity index (χ3n) is 6.77. The second-order valence-electron chi connectivity index (χ2n) is 8.99. The first kappa shape index (κ1) is 22.0. The highest BCUT2D eigenvalue weighted by molar-refractivity contribution is 6.05. The fourth-order valence-electron chi connectivity index (χ4n) is 4.90. The average Bonchev–Trinajstić information content (AvgIpc) is 3.50. The number of imide groups is 1. The summed E-state index contributed by atoms with van der Waals surface area (Å²) in [5, 5.41) is 13.4. The number of hydrogen-bond donors (Lipinski definition) is 2. The van der Waals surface area contributed by atoms with E-state index in [4.69, 9.17) is 4.74 Å². The van der Waals surface area contributed by atoms with Gasteiger partial charge in [0.05, 0.1) is 24.5 Å². The molecule has 0 bridgehead atoms. The van der Waals surface area contributed by atoms with Crippen LogP contribution >= 0.6 is 0 Å². The molecule has 0 saturated carbocycles.